The second-order valence-electron chi connectivity index (χ2n) is 2.70. The Kier molecular flexibility index (Phi) is 2.89. The summed E-state index contributed by atoms with van der Waals surface area (Å²) in [5.41, 5.74) is 0. The van der Waals surface area contributed by atoms with Crippen LogP contribution in [0.5, 0.6) is 0 Å². The third-order valence-electron chi connectivity index (χ3n) is 1.88. The molecule has 0 heterocycles. The number of nitrogens with one attached hydrogen (secondary N) is 1. The first-order valence-electron chi connectivity index (χ1n) is 3.42. The first-order chi connectivity index (χ1) is 4.74. The molecule has 0 aromatic carbocycles. The van der Waals surface area contributed by atoms with Gasteiger partial charge in [0.2, 0.25) is 0 Å². The third kappa shape index (κ3) is 1.81. The largest absolute Gasteiger partial charge is 0.393 e. The van der Waals surface area contributed by atoms with E-state index >= 15 is 0 Å². The molecule has 0 amide bonds. The molecular weight excluding hydrogens is 157 g/mol. The Balaban J connectivity index is 2.38. The highest BCUT2D eigenvalue weighted by Crippen LogP contribution is 2.21. The summed E-state index contributed by atoms with van der Waals surface area (Å²) >= 11 is 5.24. The normalized spacial score (nSPS) is 41.7. The predicted molar refractivity (Wildman–Crippen MR) is 37.5 cm³/mol. The van der Waals surface area contributed by atoms with Gasteiger partial charge in [0.05, 0.1) is 12.1 Å². The van der Waals surface area contributed by atoms with E-state index in [9.17, 15) is 4.39 Å². The van der Waals surface area contributed by atoms with Crippen molar-refractivity contribution in [2.45, 2.75) is 37.6 Å². The number of hydrogen-bond acceptors (Lipinski definition) is 2. The molecule has 0 radical (unpaired) electrons. The van der Waals surface area contributed by atoms with Gasteiger partial charge >= 0.3 is 0 Å². The zero-order chi connectivity index (χ0) is 7.56. The minimum Gasteiger partial charge on any atom is -0.393 e. The fraction of sp³-hybridized carbons (Fsp3) is 1.00. The Bertz CT molecular complexity index is 114. The van der Waals surface area contributed by atoms with Crippen LogP contribution in [-0.2, 0) is 0 Å². The van der Waals surface area contributed by atoms with Crippen molar-refractivity contribution >= 4 is 11.8 Å². The van der Waals surface area contributed by atoms with Crippen molar-refractivity contribution in [3.05, 3.63) is 0 Å². The maximum atomic E-state index is 12.8. The van der Waals surface area contributed by atoms with E-state index in [4.69, 9.17) is 16.9 Å². The molecule has 4 heteroatoms. The van der Waals surface area contributed by atoms with E-state index in [2.05, 4.69) is 4.84 Å². The summed E-state index contributed by atoms with van der Waals surface area (Å²) in [5, 5.41) is 9.06. The zero-order valence-corrected chi connectivity index (χ0v) is 6.31. The predicted octanol–water partition coefficient (Wildman–Crippen LogP) is 0.981. The molecule has 0 bridgehead atoms. The van der Waals surface area contributed by atoms with E-state index in [1.807, 2.05) is 0 Å². The highest BCUT2D eigenvalue weighted by molar-refractivity contribution is 6.13. The third-order valence-corrected chi connectivity index (χ3v) is 2.16. The molecule has 1 fully saturated rings. The average Bonchev–Trinajstić information content (AvgIpc) is 1.94. The van der Waals surface area contributed by atoms with E-state index in [0.717, 1.165) is 0 Å². The fourth-order valence-corrected chi connectivity index (χ4v) is 1.45. The van der Waals surface area contributed by atoms with Crippen LogP contribution in [-0.4, -0.2) is 23.4 Å². The van der Waals surface area contributed by atoms with Crippen molar-refractivity contribution in [2.75, 3.05) is 0 Å². The summed E-state index contributed by atoms with van der Waals surface area (Å²) in [6.07, 6.45) is 0.0936. The maximum Gasteiger partial charge on any atom is 0.117 e. The summed E-state index contributed by atoms with van der Waals surface area (Å²) in [4.78, 5) is 2.32. The van der Waals surface area contributed by atoms with Gasteiger partial charge in [-0.25, -0.2) is 9.23 Å². The van der Waals surface area contributed by atoms with Crippen molar-refractivity contribution in [3.63, 3.8) is 0 Å². The van der Waals surface area contributed by atoms with Crippen molar-refractivity contribution in [3.8, 4) is 0 Å². The Hall–Kier alpha value is 0.140. The Morgan fingerprint density at radius 1 is 1.50 bits per heavy atom. The molecule has 0 spiro atoms. The first-order valence-corrected chi connectivity index (χ1v) is 3.80. The number of hydrogen-bond donors (Lipinski definition) is 2. The van der Waals surface area contributed by atoms with Crippen LogP contribution < -0.4 is 4.84 Å². The van der Waals surface area contributed by atoms with Crippen LogP contribution in [0.1, 0.15) is 19.3 Å². The standard InChI is InChI=1S/C6H11ClFNO/c7-9-6-3-4(10)1-2-5(6)8/h4-6,9-10H,1-3H2/t4-,5+,6+/m1/s1. The van der Waals surface area contributed by atoms with Crippen molar-refractivity contribution in [2.24, 2.45) is 0 Å². The van der Waals surface area contributed by atoms with Gasteiger partial charge < -0.3 is 5.11 Å². The van der Waals surface area contributed by atoms with Crippen LogP contribution in [0.4, 0.5) is 4.39 Å². The van der Waals surface area contributed by atoms with Gasteiger partial charge in [0.15, 0.2) is 0 Å². The van der Waals surface area contributed by atoms with Gasteiger partial charge in [-0.05, 0) is 31.0 Å². The molecular formula is C6H11ClFNO. The van der Waals surface area contributed by atoms with Crippen LogP contribution in [0.15, 0.2) is 0 Å². The molecule has 10 heavy (non-hydrogen) atoms. The van der Waals surface area contributed by atoms with Crippen LogP contribution >= 0.6 is 11.8 Å². The molecule has 1 aliphatic carbocycles. The van der Waals surface area contributed by atoms with Gasteiger partial charge in [-0.1, -0.05) is 0 Å². The average molecular weight is 168 g/mol. The summed E-state index contributed by atoms with van der Waals surface area (Å²) in [7, 11) is 0. The maximum absolute atomic E-state index is 12.8. The molecule has 0 aromatic rings. The minimum absolute atomic E-state index is 0.370. The highest BCUT2D eigenvalue weighted by Gasteiger charge is 2.28. The number of alkyl halides is 1. The van der Waals surface area contributed by atoms with Gasteiger partial charge in [0, 0.05) is 0 Å². The van der Waals surface area contributed by atoms with Crippen molar-refractivity contribution < 1.29 is 9.50 Å². The Morgan fingerprint density at radius 3 is 2.70 bits per heavy atom. The quantitative estimate of drug-likeness (QED) is 0.571. The number of aliphatic hydroxyl groups is 1. The molecule has 0 saturated heterocycles. The molecule has 2 nitrogen and oxygen atoms in total. The number of halogens is 2. The summed E-state index contributed by atoms with van der Waals surface area (Å²) in [5.74, 6) is 0. The van der Waals surface area contributed by atoms with Gasteiger partial charge in [-0.15, -0.1) is 0 Å². The minimum atomic E-state index is -0.902. The Morgan fingerprint density at radius 2 is 2.20 bits per heavy atom. The zero-order valence-electron chi connectivity index (χ0n) is 5.56. The number of aliphatic hydroxyl groups excluding tert-OH is 1. The SMILES string of the molecule is O[C@@H]1CC[C@H](F)[C@@H](NCl)C1. The monoisotopic (exact) mass is 167 g/mol. The molecule has 3 atom stereocenters. The van der Waals surface area contributed by atoms with E-state index in [1.54, 1.807) is 0 Å². The molecule has 1 rings (SSSR count). The van der Waals surface area contributed by atoms with Gasteiger partial charge in [0.25, 0.3) is 0 Å². The molecule has 1 saturated carbocycles. The molecule has 0 unspecified atom stereocenters. The second-order valence-corrected chi connectivity index (χ2v) is 2.92. The molecule has 0 aliphatic heterocycles. The fourth-order valence-electron chi connectivity index (χ4n) is 1.22. The topological polar surface area (TPSA) is 32.3 Å². The van der Waals surface area contributed by atoms with Crippen LogP contribution in [0, 0.1) is 0 Å². The Labute approximate surface area is 64.5 Å². The van der Waals surface area contributed by atoms with E-state index in [0.29, 0.717) is 19.3 Å². The highest BCUT2D eigenvalue weighted by atomic mass is 35.5. The van der Waals surface area contributed by atoms with Crippen LogP contribution in [0.3, 0.4) is 0 Å². The molecule has 0 aromatic heterocycles. The smallest absolute Gasteiger partial charge is 0.117 e. The molecule has 1 aliphatic rings. The lowest BCUT2D eigenvalue weighted by Crippen LogP contribution is -2.40. The summed E-state index contributed by atoms with van der Waals surface area (Å²) in [6.45, 7) is 0. The van der Waals surface area contributed by atoms with Crippen molar-refractivity contribution in [1.29, 1.82) is 0 Å². The number of rotatable bonds is 1. The van der Waals surface area contributed by atoms with Crippen LogP contribution in [0.2, 0.25) is 0 Å². The van der Waals surface area contributed by atoms with E-state index in [-0.39, 0.29) is 12.1 Å². The summed E-state index contributed by atoms with van der Waals surface area (Å²) < 4.78 is 12.8. The lowest BCUT2D eigenvalue weighted by molar-refractivity contribution is 0.0748. The first kappa shape index (κ1) is 8.24. The van der Waals surface area contributed by atoms with Crippen molar-refractivity contribution in [1.82, 2.24) is 4.84 Å². The van der Waals surface area contributed by atoms with Gasteiger partial charge in [0.1, 0.15) is 6.17 Å². The molecule has 2 N–H and O–H groups in total. The summed E-state index contributed by atoms with van der Waals surface area (Å²) in [6, 6.07) is -0.370. The lowest BCUT2D eigenvalue weighted by atomic mass is 9.92. The van der Waals surface area contributed by atoms with Crippen LogP contribution in [0.25, 0.3) is 0 Å². The van der Waals surface area contributed by atoms with E-state index in [1.165, 1.54) is 0 Å². The van der Waals surface area contributed by atoms with Gasteiger partial charge in [-0.2, -0.15) is 0 Å². The second kappa shape index (κ2) is 3.51. The lowest BCUT2D eigenvalue weighted by Gasteiger charge is -2.27. The van der Waals surface area contributed by atoms with Gasteiger partial charge in [-0.3, -0.25) is 0 Å². The van der Waals surface area contributed by atoms with E-state index < -0.39 is 6.17 Å². The molecule has 60 valence electrons.